The number of carbonyl (C=O) groups excluding carboxylic acids is 2. The standard InChI is InChI=1S/2C12H12O2/c2*1-2-3-8-11-9-6-4-5-7-10(9)12(13)14-11/h2*4-8H,2-3H2,1H3. The van der Waals surface area contributed by atoms with E-state index in [1.165, 1.54) is 0 Å². The van der Waals surface area contributed by atoms with E-state index in [4.69, 9.17) is 9.47 Å². The lowest BCUT2D eigenvalue weighted by molar-refractivity contribution is 0.0705. The largest absolute Gasteiger partial charge is 0.423 e. The summed E-state index contributed by atoms with van der Waals surface area (Å²) in [7, 11) is 0. The summed E-state index contributed by atoms with van der Waals surface area (Å²) >= 11 is 0. The maximum absolute atomic E-state index is 11.4. The molecule has 144 valence electrons. The molecule has 0 aromatic heterocycles. The van der Waals surface area contributed by atoms with Crippen LogP contribution >= 0.6 is 0 Å². The fraction of sp³-hybridized carbons (Fsp3) is 0.250. The van der Waals surface area contributed by atoms with Crippen LogP contribution in [0.3, 0.4) is 0 Å². The average molecular weight is 376 g/mol. The van der Waals surface area contributed by atoms with Crippen molar-refractivity contribution in [1.29, 1.82) is 0 Å². The number of esters is 2. The third kappa shape index (κ3) is 4.22. The van der Waals surface area contributed by atoms with Crippen molar-refractivity contribution >= 4 is 23.5 Å². The summed E-state index contributed by atoms with van der Waals surface area (Å²) in [5.74, 6) is 0.964. The van der Waals surface area contributed by atoms with E-state index >= 15 is 0 Å². The molecule has 2 aromatic rings. The number of allylic oxidation sites excluding steroid dienone is 2. The number of hydrogen-bond donors (Lipinski definition) is 0. The summed E-state index contributed by atoms with van der Waals surface area (Å²) in [6, 6.07) is 15.0. The zero-order valence-corrected chi connectivity index (χ0v) is 16.2. The van der Waals surface area contributed by atoms with Crippen LogP contribution in [0.25, 0.3) is 11.5 Å². The first-order chi connectivity index (χ1) is 13.7. The highest BCUT2D eigenvalue weighted by molar-refractivity contribution is 6.03. The number of hydrogen-bond acceptors (Lipinski definition) is 4. The lowest BCUT2D eigenvalue weighted by Crippen LogP contribution is -1.92. The van der Waals surface area contributed by atoms with Gasteiger partial charge in [0.1, 0.15) is 11.5 Å². The zero-order chi connectivity index (χ0) is 19.9. The molecule has 0 aliphatic carbocycles. The molecule has 4 nitrogen and oxygen atoms in total. The van der Waals surface area contributed by atoms with E-state index in [1.807, 2.05) is 48.6 Å². The highest BCUT2D eigenvalue weighted by Crippen LogP contribution is 2.30. The predicted octanol–water partition coefficient (Wildman–Crippen LogP) is 6.00. The molecular formula is C24H24O4. The molecule has 2 heterocycles. The molecule has 0 amide bonds. The van der Waals surface area contributed by atoms with Crippen molar-refractivity contribution in [3.8, 4) is 0 Å². The predicted molar refractivity (Wildman–Crippen MR) is 109 cm³/mol. The number of unbranched alkanes of at least 4 members (excludes halogenated alkanes) is 2. The Morgan fingerprint density at radius 1 is 0.643 bits per heavy atom. The summed E-state index contributed by atoms with van der Waals surface area (Å²) in [5, 5.41) is 0. The summed E-state index contributed by atoms with van der Waals surface area (Å²) in [4.78, 5) is 22.8. The van der Waals surface area contributed by atoms with E-state index in [1.54, 1.807) is 12.1 Å². The maximum Gasteiger partial charge on any atom is 0.344 e. The van der Waals surface area contributed by atoms with E-state index in [-0.39, 0.29) is 11.9 Å². The van der Waals surface area contributed by atoms with Gasteiger partial charge in [0.2, 0.25) is 0 Å². The molecule has 0 N–H and O–H groups in total. The molecule has 0 unspecified atom stereocenters. The average Bonchev–Trinajstić information content (AvgIpc) is 3.23. The Bertz CT molecular complexity index is 860. The normalized spacial score (nSPS) is 16.9. The lowest BCUT2D eigenvalue weighted by atomic mass is 10.1. The van der Waals surface area contributed by atoms with Gasteiger partial charge in [0.25, 0.3) is 0 Å². The molecule has 2 aliphatic rings. The molecule has 0 fully saturated rings. The molecule has 0 spiro atoms. The molecule has 0 radical (unpaired) electrons. The van der Waals surface area contributed by atoms with E-state index in [0.717, 1.165) is 36.8 Å². The molecular weight excluding hydrogens is 352 g/mol. The molecule has 0 saturated carbocycles. The van der Waals surface area contributed by atoms with Crippen LogP contribution < -0.4 is 0 Å². The van der Waals surface area contributed by atoms with Gasteiger partial charge < -0.3 is 9.47 Å². The number of fused-ring (bicyclic) bond motifs is 2. The maximum atomic E-state index is 11.4. The van der Waals surface area contributed by atoms with Crippen molar-refractivity contribution in [2.45, 2.75) is 39.5 Å². The second-order valence-electron chi connectivity index (χ2n) is 6.58. The van der Waals surface area contributed by atoms with Gasteiger partial charge in [-0.25, -0.2) is 9.59 Å². The molecule has 28 heavy (non-hydrogen) atoms. The van der Waals surface area contributed by atoms with Crippen molar-refractivity contribution in [3.05, 3.63) is 82.9 Å². The molecule has 0 bridgehead atoms. The van der Waals surface area contributed by atoms with Crippen LogP contribution in [-0.2, 0) is 9.47 Å². The second kappa shape index (κ2) is 9.18. The van der Waals surface area contributed by atoms with Crippen LogP contribution in [0.5, 0.6) is 0 Å². The minimum absolute atomic E-state index is 0.233. The SMILES string of the molecule is CCCC=C1OC(=O)c2ccccc21.CCCC=C1OC(=O)c2ccccc21. The fourth-order valence-electron chi connectivity index (χ4n) is 3.03. The summed E-state index contributed by atoms with van der Waals surface area (Å²) in [5.41, 5.74) is 3.20. The molecule has 2 aliphatic heterocycles. The smallest absolute Gasteiger partial charge is 0.344 e. The first-order valence-electron chi connectivity index (χ1n) is 9.69. The first kappa shape index (κ1) is 19.6. The molecule has 0 saturated heterocycles. The van der Waals surface area contributed by atoms with Gasteiger partial charge in [-0.15, -0.1) is 0 Å². The van der Waals surface area contributed by atoms with Crippen LogP contribution in [-0.4, -0.2) is 11.9 Å². The fourth-order valence-corrected chi connectivity index (χ4v) is 3.03. The zero-order valence-electron chi connectivity index (χ0n) is 16.2. The van der Waals surface area contributed by atoms with Crippen molar-refractivity contribution in [3.63, 3.8) is 0 Å². The molecule has 0 atom stereocenters. The quantitative estimate of drug-likeness (QED) is 0.615. The Balaban J connectivity index is 0.000000161. The second-order valence-corrected chi connectivity index (χ2v) is 6.58. The third-order valence-corrected chi connectivity index (χ3v) is 4.47. The van der Waals surface area contributed by atoms with E-state index in [2.05, 4.69) is 13.8 Å². The molecule has 2 aromatic carbocycles. The number of cyclic esters (lactones) is 2. The highest BCUT2D eigenvalue weighted by atomic mass is 16.5. The van der Waals surface area contributed by atoms with E-state index < -0.39 is 0 Å². The van der Waals surface area contributed by atoms with Crippen molar-refractivity contribution < 1.29 is 19.1 Å². The van der Waals surface area contributed by atoms with Gasteiger partial charge in [-0.1, -0.05) is 63.1 Å². The van der Waals surface area contributed by atoms with Crippen LogP contribution in [0.4, 0.5) is 0 Å². The number of benzene rings is 2. The van der Waals surface area contributed by atoms with Crippen molar-refractivity contribution in [1.82, 2.24) is 0 Å². The van der Waals surface area contributed by atoms with Crippen LogP contribution in [0.15, 0.2) is 60.7 Å². The Morgan fingerprint density at radius 2 is 1.00 bits per heavy atom. The van der Waals surface area contributed by atoms with Gasteiger partial charge >= 0.3 is 11.9 Å². The van der Waals surface area contributed by atoms with E-state index in [0.29, 0.717) is 22.6 Å². The molecule has 4 heteroatoms. The van der Waals surface area contributed by atoms with Crippen molar-refractivity contribution in [2.75, 3.05) is 0 Å². The summed E-state index contributed by atoms with van der Waals surface area (Å²) in [6.07, 6.45) is 7.95. The first-order valence-corrected chi connectivity index (χ1v) is 9.69. The Morgan fingerprint density at radius 3 is 1.36 bits per heavy atom. The van der Waals surface area contributed by atoms with Gasteiger partial charge in [-0.2, -0.15) is 0 Å². The van der Waals surface area contributed by atoms with Gasteiger partial charge in [0, 0.05) is 11.1 Å². The van der Waals surface area contributed by atoms with Crippen molar-refractivity contribution in [2.24, 2.45) is 0 Å². The van der Waals surface area contributed by atoms with Crippen LogP contribution in [0.1, 0.15) is 71.4 Å². The van der Waals surface area contributed by atoms with E-state index in [9.17, 15) is 9.59 Å². The van der Waals surface area contributed by atoms with Gasteiger partial charge in [0.05, 0.1) is 11.1 Å². The number of rotatable bonds is 4. The van der Waals surface area contributed by atoms with Gasteiger partial charge in [-0.05, 0) is 37.1 Å². The Kier molecular flexibility index (Phi) is 6.43. The summed E-state index contributed by atoms with van der Waals surface area (Å²) in [6.45, 7) is 4.19. The van der Waals surface area contributed by atoms with Gasteiger partial charge in [0.15, 0.2) is 0 Å². The topological polar surface area (TPSA) is 52.6 Å². The minimum Gasteiger partial charge on any atom is -0.423 e. The third-order valence-electron chi connectivity index (χ3n) is 4.47. The van der Waals surface area contributed by atoms with Gasteiger partial charge in [-0.3, -0.25) is 0 Å². The monoisotopic (exact) mass is 376 g/mol. The number of ether oxygens (including phenoxy) is 2. The minimum atomic E-state index is -0.233. The van der Waals surface area contributed by atoms with Crippen LogP contribution in [0.2, 0.25) is 0 Å². The Hall–Kier alpha value is -3.14. The summed E-state index contributed by atoms with van der Waals surface area (Å²) < 4.78 is 10.3. The Labute approximate surface area is 165 Å². The lowest BCUT2D eigenvalue weighted by Gasteiger charge is -1.96. The van der Waals surface area contributed by atoms with Crippen LogP contribution in [0, 0.1) is 0 Å². The highest BCUT2D eigenvalue weighted by Gasteiger charge is 2.25. The molecule has 4 rings (SSSR count). The number of carbonyl (C=O) groups is 2.